The first-order valence-electron chi connectivity index (χ1n) is 8.30. The van der Waals surface area contributed by atoms with Crippen molar-refractivity contribution in [3.05, 3.63) is 29.8 Å². The van der Waals surface area contributed by atoms with Crippen LogP contribution in [0.1, 0.15) is 63.5 Å². The van der Waals surface area contributed by atoms with E-state index in [0.29, 0.717) is 5.41 Å². The highest BCUT2D eigenvalue weighted by Crippen LogP contribution is 2.45. The van der Waals surface area contributed by atoms with Crippen molar-refractivity contribution in [2.45, 2.75) is 57.9 Å². The van der Waals surface area contributed by atoms with Crippen molar-refractivity contribution < 1.29 is 0 Å². The molecule has 20 heavy (non-hydrogen) atoms. The highest BCUT2D eigenvalue weighted by atomic mass is 15.1. The van der Waals surface area contributed by atoms with Gasteiger partial charge in [0.15, 0.2) is 0 Å². The first-order chi connectivity index (χ1) is 9.70. The van der Waals surface area contributed by atoms with Crippen LogP contribution in [-0.4, -0.2) is 13.1 Å². The second kappa shape index (κ2) is 5.77. The minimum absolute atomic E-state index is 0.122. The molecule has 0 amide bonds. The minimum Gasteiger partial charge on any atom is -0.371 e. The Labute approximate surface area is 123 Å². The van der Waals surface area contributed by atoms with E-state index in [1.165, 1.54) is 69.3 Å². The van der Waals surface area contributed by atoms with Gasteiger partial charge in [0.05, 0.1) is 0 Å². The Morgan fingerprint density at radius 2 is 1.65 bits per heavy atom. The zero-order chi connectivity index (χ0) is 14.0. The predicted molar refractivity (Wildman–Crippen MR) is 86.0 cm³/mol. The van der Waals surface area contributed by atoms with Crippen LogP contribution >= 0.6 is 0 Å². The summed E-state index contributed by atoms with van der Waals surface area (Å²) >= 11 is 0. The summed E-state index contributed by atoms with van der Waals surface area (Å²) in [5.74, 6) is 0. The fraction of sp³-hybridized carbons (Fsp3) is 0.667. The molecular formula is C18H28N2. The maximum atomic E-state index is 6.13. The summed E-state index contributed by atoms with van der Waals surface area (Å²) in [6, 6.07) is 8.81. The van der Waals surface area contributed by atoms with Crippen LogP contribution in [-0.2, 0) is 0 Å². The SMILES string of the molecule is C[C@H](N)c1ccccc1N1CCC2(CCCCC2)CC1. The van der Waals surface area contributed by atoms with Gasteiger partial charge in [-0.1, -0.05) is 37.5 Å². The van der Waals surface area contributed by atoms with Gasteiger partial charge in [0.2, 0.25) is 0 Å². The Morgan fingerprint density at radius 1 is 1.00 bits per heavy atom. The van der Waals surface area contributed by atoms with Crippen molar-refractivity contribution in [3.8, 4) is 0 Å². The van der Waals surface area contributed by atoms with Crippen molar-refractivity contribution in [3.63, 3.8) is 0 Å². The summed E-state index contributed by atoms with van der Waals surface area (Å²) in [6.45, 7) is 4.51. The van der Waals surface area contributed by atoms with Crippen LogP contribution in [0, 0.1) is 5.41 Å². The van der Waals surface area contributed by atoms with Gasteiger partial charge < -0.3 is 10.6 Å². The Bertz CT molecular complexity index is 436. The number of hydrogen-bond donors (Lipinski definition) is 1. The third-order valence-corrected chi connectivity index (χ3v) is 5.51. The van der Waals surface area contributed by atoms with Crippen LogP contribution in [0.2, 0.25) is 0 Å². The lowest BCUT2D eigenvalue weighted by molar-refractivity contribution is 0.144. The third kappa shape index (κ3) is 2.71. The van der Waals surface area contributed by atoms with Gasteiger partial charge in [-0.3, -0.25) is 0 Å². The largest absolute Gasteiger partial charge is 0.371 e. The first kappa shape index (κ1) is 13.9. The molecule has 2 aliphatic rings. The molecule has 2 N–H and O–H groups in total. The number of rotatable bonds is 2. The van der Waals surface area contributed by atoms with Crippen LogP contribution in [0.25, 0.3) is 0 Å². The lowest BCUT2D eigenvalue weighted by atomic mass is 9.68. The molecule has 0 aromatic heterocycles. The summed E-state index contributed by atoms with van der Waals surface area (Å²) in [5, 5.41) is 0. The highest BCUT2D eigenvalue weighted by molar-refractivity contribution is 5.55. The molecule has 0 radical (unpaired) electrons. The number of anilines is 1. The standard InChI is InChI=1S/C18H28N2/c1-15(19)16-7-3-4-8-17(16)20-13-11-18(12-14-20)9-5-2-6-10-18/h3-4,7-8,15H,2,5-6,9-14,19H2,1H3/t15-/m0/s1. The van der Waals surface area contributed by atoms with E-state index in [9.17, 15) is 0 Å². The van der Waals surface area contributed by atoms with E-state index in [0.717, 1.165) is 0 Å². The van der Waals surface area contributed by atoms with E-state index >= 15 is 0 Å². The highest BCUT2D eigenvalue weighted by Gasteiger charge is 2.35. The Balaban J connectivity index is 1.72. The molecule has 2 heteroatoms. The number of nitrogens with zero attached hydrogens (tertiary/aromatic N) is 1. The van der Waals surface area contributed by atoms with Crippen molar-refractivity contribution >= 4 is 5.69 Å². The van der Waals surface area contributed by atoms with Crippen LogP contribution in [0.5, 0.6) is 0 Å². The molecule has 1 atom stereocenters. The predicted octanol–water partition coefficient (Wildman–Crippen LogP) is 4.26. The smallest absolute Gasteiger partial charge is 0.0414 e. The fourth-order valence-electron chi connectivity index (χ4n) is 4.18. The fourth-order valence-corrected chi connectivity index (χ4v) is 4.18. The van der Waals surface area contributed by atoms with Gasteiger partial charge >= 0.3 is 0 Å². The van der Waals surface area contributed by atoms with E-state index < -0.39 is 0 Å². The molecule has 110 valence electrons. The Morgan fingerprint density at radius 3 is 2.30 bits per heavy atom. The monoisotopic (exact) mass is 272 g/mol. The van der Waals surface area contributed by atoms with E-state index in [1.54, 1.807) is 0 Å². The number of hydrogen-bond acceptors (Lipinski definition) is 2. The molecule has 0 unspecified atom stereocenters. The number of para-hydroxylation sites is 1. The summed E-state index contributed by atoms with van der Waals surface area (Å²) in [5.41, 5.74) is 9.48. The maximum Gasteiger partial charge on any atom is 0.0414 e. The topological polar surface area (TPSA) is 29.3 Å². The number of nitrogens with two attached hydrogens (primary N) is 1. The van der Waals surface area contributed by atoms with Crippen molar-refractivity contribution in [1.29, 1.82) is 0 Å². The molecule has 1 aromatic rings. The van der Waals surface area contributed by atoms with Crippen LogP contribution in [0.3, 0.4) is 0 Å². The third-order valence-electron chi connectivity index (χ3n) is 5.51. The van der Waals surface area contributed by atoms with E-state index in [4.69, 9.17) is 5.73 Å². The van der Waals surface area contributed by atoms with Crippen molar-refractivity contribution in [2.75, 3.05) is 18.0 Å². The molecule has 1 heterocycles. The number of benzene rings is 1. The molecule has 1 saturated heterocycles. The summed E-state index contributed by atoms with van der Waals surface area (Å²) in [6.07, 6.45) is 10.1. The molecule has 1 aliphatic heterocycles. The Kier molecular flexibility index (Phi) is 4.02. The van der Waals surface area contributed by atoms with E-state index in [-0.39, 0.29) is 6.04 Å². The average Bonchev–Trinajstić information content (AvgIpc) is 2.49. The zero-order valence-corrected chi connectivity index (χ0v) is 12.8. The molecule has 1 aromatic carbocycles. The summed E-state index contributed by atoms with van der Waals surface area (Å²) < 4.78 is 0. The van der Waals surface area contributed by atoms with Gasteiger partial charge in [-0.25, -0.2) is 0 Å². The van der Waals surface area contributed by atoms with Gasteiger partial charge in [-0.15, -0.1) is 0 Å². The normalized spacial score (nSPS) is 23.8. The summed E-state index contributed by atoms with van der Waals surface area (Å²) in [7, 11) is 0. The molecule has 1 spiro atoms. The second-order valence-electron chi connectivity index (χ2n) is 6.90. The van der Waals surface area contributed by atoms with Crippen LogP contribution in [0.15, 0.2) is 24.3 Å². The van der Waals surface area contributed by atoms with Gasteiger partial charge in [0.1, 0.15) is 0 Å². The van der Waals surface area contributed by atoms with Crippen molar-refractivity contribution in [2.24, 2.45) is 11.1 Å². The van der Waals surface area contributed by atoms with Crippen LogP contribution < -0.4 is 10.6 Å². The molecule has 2 nitrogen and oxygen atoms in total. The van der Waals surface area contributed by atoms with Crippen LogP contribution in [0.4, 0.5) is 5.69 Å². The quantitative estimate of drug-likeness (QED) is 0.871. The first-order valence-corrected chi connectivity index (χ1v) is 8.30. The minimum atomic E-state index is 0.122. The molecule has 2 fully saturated rings. The second-order valence-corrected chi connectivity index (χ2v) is 6.90. The van der Waals surface area contributed by atoms with E-state index in [1.807, 2.05) is 0 Å². The van der Waals surface area contributed by atoms with Gasteiger partial charge in [0.25, 0.3) is 0 Å². The molecule has 0 bridgehead atoms. The maximum absolute atomic E-state index is 6.13. The summed E-state index contributed by atoms with van der Waals surface area (Å²) in [4.78, 5) is 2.57. The molecule has 1 aliphatic carbocycles. The van der Waals surface area contributed by atoms with E-state index in [2.05, 4.69) is 36.1 Å². The molecule has 3 rings (SSSR count). The molecule has 1 saturated carbocycles. The van der Waals surface area contributed by atoms with Gasteiger partial charge in [-0.05, 0) is 49.7 Å². The average molecular weight is 272 g/mol. The van der Waals surface area contributed by atoms with Crippen molar-refractivity contribution in [1.82, 2.24) is 0 Å². The van der Waals surface area contributed by atoms with Gasteiger partial charge in [0, 0.05) is 24.8 Å². The number of piperidine rings is 1. The van der Waals surface area contributed by atoms with Gasteiger partial charge in [-0.2, -0.15) is 0 Å². The zero-order valence-electron chi connectivity index (χ0n) is 12.8. The Hall–Kier alpha value is -1.02. The molecular weight excluding hydrogens is 244 g/mol. The lowest BCUT2D eigenvalue weighted by Crippen LogP contribution is -2.41. The lowest BCUT2D eigenvalue weighted by Gasteiger charge is -2.45.